The molecule has 0 radical (unpaired) electrons. The highest BCUT2D eigenvalue weighted by molar-refractivity contribution is 7.27. The van der Waals surface area contributed by atoms with Gasteiger partial charge in [-0.15, -0.1) is 18.5 Å². The third-order valence-corrected chi connectivity index (χ3v) is 5.11. The largest absolute Gasteiger partial charge is 0.133 e. The second kappa shape index (κ2) is 6.96. The molecule has 2 unspecified atom stereocenters. The van der Waals surface area contributed by atoms with E-state index in [-0.39, 0.29) is 0 Å². The molecule has 0 amide bonds. The average molecular weight is 336 g/mol. The van der Waals surface area contributed by atoms with Crippen LogP contribution in [-0.4, -0.2) is 0 Å². The van der Waals surface area contributed by atoms with Crippen molar-refractivity contribution in [2.75, 3.05) is 0 Å². The fourth-order valence-corrected chi connectivity index (χ4v) is 3.62. The molecule has 3 rings (SSSR count). The molecular weight excluding hydrogens is 314 g/mol. The van der Waals surface area contributed by atoms with E-state index in [1.165, 1.54) is 44.2 Å². The van der Waals surface area contributed by atoms with Crippen LogP contribution in [-0.2, 0) is 6.16 Å². The van der Waals surface area contributed by atoms with Crippen molar-refractivity contribution < 1.29 is 0 Å². The first-order chi connectivity index (χ1) is 11.1. The van der Waals surface area contributed by atoms with Crippen molar-refractivity contribution in [3.63, 3.8) is 0 Å². The molecule has 0 nitrogen and oxygen atoms in total. The fraction of sp³-hybridized carbons (Fsp3) is 0.143. The van der Waals surface area contributed by atoms with Crippen LogP contribution in [0, 0.1) is 13.8 Å². The highest BCUT2D eigenvalue weighted by atomic mass is 31.0. The molecule has 0 saturated carbocycles. The Bertz CT molecular complexity index is 833. The maximum absolute atomic E-state index is 2.79. The predicted molar refractivity (Wildman–Crippen MR) is 110 cm³/mol. The molecule has 2 heteroatoms. The van der Waals surface area contributed by atoms with Gasteiger partial charge in [-0.1, -0.05) is 60.7 Å². The van der Waals surface area contributed by atoms with Gasteiger partial charge in [0.2, 0.25) is 0 Å². The number of rotatable bonds is 3. The molecule has 0 aliphatic heterocycles. The van der Waals surface area contributed by atoms with Crippen LogP contribution in [0.25, 0.3) is 22.3 Å². The van der Waals surface area contributed by atoms with Crippen LogP contribution in [0.5, 0.6) is 0 Å². The summed E-state index contributed by atoms with van der Waals surface area (Å²) in [6, 6.07) is 22.2. The Morgan fingerprint density at radius 1 is 0.696 bits per heavy atom. The monoisotopic (exact) mass is 336 g/mol. The molecule has 0 saturated heterocycles. The van der Waals surface area contributed by atoms with E-state index in [4.69, 9.17) is 0 Å². The lowest BCUT2D eigenvalue weighted by atomic mass is 9.95. The van der Waals surface area contributed by atoms with Crippen LogP contribution in [0.3, 0.4) is 0 Å². The molecule has 0 fully saturated rings. The van der Waals surface area contributed by atoms with Crippen LogP contribution in [0.15, 0.2) is 60.7 Å². The van der Waals surface area contributed by atoms with Crippen LogP contribution < -0.4 is 5.30 Å². The highest BCUT2D eigenvalue weighted by Gasteiger charge is 2.05. The van der Waals surface area contributed by atoms with Crippen molar-refractivity contribution >= 4 is 23.8 Å². The first-order valence-corrected chi connectivity index (χ1v) is 9.24. The van der Waals surface area contributed by atoms with Crippen LogP contribution >= 0.6 is 18.5 Å². The van der Waals surface area contributed by atoms with Gasteiger partial charge < -0.3 is 0 Å². The van der Waals surface area contributed by atoms with Crippen molar-refractivity contribution in [3.05, 3.63) is 77.4 Å². The molecule has 0 N–H and O–H groups in total. The summed E-state index contributed by atoms with van der Waals surface area (Å²) in [7, 11) is 5.54. The zero-order valence-electron chi connectivity index (χ0n) is 13.6. The van der Waals surface area contributed by atoms with E-state index < -0.39 is 0 Å². The minimum Gasteiger partial charge on any atom is -0.133 e. The van der Waals surface area contributed by atoms with Crippen LogP contribution in [0.2, 0.25) is 0 Å². The third-order valence-electron chi connectivity index (χ3n) is 4.28. The molecular formula is C21H22P2. The third kappa shape index (κ3) is 3.55. The van der Waals surface area contributed by atoms with E-state index >= 15 is 0 Å². The van der Waals surface area contributed by atoms with Gasteiger partial charge in [0.1, 0.15) is 0 Å². The Balaban J connectivity index is 1.96. The summed E-state index contributed by atoms with van der Waals surface area (Å²) >= 11 is 0. The van der Waals surface area contributed by atoms with Gasteiger partial charge in [-0.2, -0.15) is 0 Å². The van der Waals surface area contributed by atoms with E-state index in [9.17, 15) is 0 Å². The Hall–Kier alpha value is -1.48. The van der Waals surface area contributed by atoms with Crippen LogP contribution in [0.1, 0.15) is 16.7 Å². The number of aryl methyl sites for hydroxylation is 2. The maximum atomic E-state index is 2.79. The van der Waals surface area contributed by atoms with Crippen molar-refractivity contribution in [2.24, 2.45) is 0 Å². The van der Waals surface area contributed by atoms with E-state index in [2.05, 4.69) is 93.0 Å². The number of hydrogen-bond acceptors (Lipinski definition) is 0. The molecule has 0 aliphatic carbocycles. The summed E-state index contributed by atoms with van der Waals surface area (Å²) in [5.74, 6) is 0. The first-order valence-electron chi connectivity index (χ1n) is 7.85. The normalized spacial score (nSPS) is 10.8. The molecule has 0 spiro atoms. The predicted octanol–water partition coefficient (Wildman–Crippen LogP) is 5.51. The van der Waals surface area contributed by atoms with Gasteiger partial charge in [-0.25, -0.2) is 0 Å². The molecule has 23 heavy (non-hydrogen) atoms. The topological polar surface area (TPSA) is 0 Å². The van der Waals surface area contributed by atoms with Crippen molar-refractivity contribution in [2.45, 2.75) is 20.0 Å². The smallest absolute Gasteiger partial charge is 0.0128 e. The fourth-order valence-electron chi connectivity index (χ4n) is 3.02. The van der Waals surface area contributed by atoms with E-state index in [1.807, 2.05) is 0 Å². The SMILES string of the molecule is Cc1cc(P)ccc1-c1ccc(-c2ccc(CP)cc2C)cc1. The molecule has 3 aromatic rings. The van der Waals surface area contributed by atoms with Crippen LogP contribution in [0.4, 0.5) is 0 Å². The quantitative estimate of drug-likeness (QED) is 0.553. The van der Waals surface area contributed by atoms with Gasteiger partial charge >= 0.3 is 0 Å². The summed E-state index contributed by atoms with van der Waals surface area (Å²) in [5.41, 5.74) is 9.18. The zero-order valence-corrected chi connectivity index (χ0v) is 15.9. The molecule has 116 valence electrons. The van der Waals surface area contributed by atoms with Crippen molar-refractivity contribution in [1.29, 1.82) is 0 Å². The van der Waals surface area contributed by atoms with Crippen molar-refractivity contribution in [1.82, 2.24) is 0 Å². The van der Waals surface area contributed by atoms with E-state index in [1.54, 1.807) is 0 Å². The first kappa shape index (κ1) is 16.4. The Morgan fingerprint density at radius 2 is 1.22 bits per heavy atom. The lowest BCUT2D eigenvalue weighted by Crippen LogP contribution is -1.93. The lowest BCUT2D eigenvalue weighted by Gasteiger charge is -2.11. The van der Waals surface area contributed by atoms with Gasteiger partial charge in [0.15, 0.2) is 0 Å². The summed E-state index contributed by atoms with van der Waals surface area (Å²) in [6.45, 7) is 4.36. The van der Waals surface area contributed by atoms with E-state index in [0.29, 0.717) is 0 Å². The summed E-state index contributed by atoms with van der Waals surface area (Å²) in [5, 5.41) is 1.23. The molecule has 0 bridgehead atoms. The number of benzene rings is 3. The molecule has 0 aromatic heterocycles. The van der Waals surface area contributed by atoms with Gasteiger partial charge in [-0.3, -0.25) is 0 Å². The molecule has 3 aromatic carbocycles. The van der Waals surface area contributed by atoms with Gasteiger partial charge in [0.25, 0.3) is 0 Å². The van der Waals surface area contributed by atoms with Gasteiger partial charge in [-0.05, 0) is 64.3 Å². The van der Waals surface area contributed by atoms with Gasteiger partial charge in [0, 0.05) is 0 Å². The average Bonchev–Trinajstić information content (AvgIpc) is 2.55. The lowest BCUT2D eigenvalue weighted by molar-refractivity contribution is 1.35. The highest BCUT2D eigenvalue weighted by Crippen LogP contribution is 2.29. The molecule has 0 heterocycles. The maximum Gasteiger partial charge on any atom is -0.0128 e. The Labute approximate surface area is 143 Å². The molecule has 0 aliphatic rings. The minimum absolute atomic E-state index is 1.01. The second-order valence-corrected chi connectivity index (χ2v) is 7.08. The summed E-state index contributed by atoms with van der Waals surface area (Å²) in [4.78, 5) is 0. The van der Waals surface area contributed by atoms with E-state index in [0.717, 1.165) is 6.16 Å². The standard InChI is InChI=1S/C21H22P2/c1-14-11-16(13-22)3-9-20(14)17-4-6-18(7-5-17)21-10-8-19(23)12-15(21)2/h3-12H,13,22-23H2,1-2H3. The Kier molecular flexibility index (Phi) is 4.96. The van der Waals surface area contributed by atoms with Crippen molar-refractivity contribution in [3.8, 4) is 22.3 Å². The second-order valence-electron chi connectivity index (χ2n) is 6.01. The molecule has 2 atom stereocenters. The minimum atomic E-state index is 1.01. The zero-order chi connectivity index (χ0) is 16.4. The number of hydrogen-bond donors (Lipinski definition) is 0. The summed E-state index contributed by atoms with van der Waals surface area (Å²) < 4.78 is 0. The Morgan fingerprint density at radius 3 is 1.70 bits per heavy atom. The summed E-state index contributed by atoms with van der Waals surface area (Å²) in [6.07, 6.45) is 1.01. The van der Waals surface area contributed by atoms with Gasteiger partial charge in [0.05, 0.1) is 0 Å².